The Kier molecular flexibility index (Phi) is 2.14. The summed E-state index contributed by atoms with van der Waals surface area (Å²) in [4.78, 5) is 0. The van der Waals surface area contributed by atoms with Crippen molar-refractivity contribution in [2.45, 2.75) is 38.3 Å². The lowest BCUT2D eigenvalue weighted by molar-refractivity contribution is 0.318. The molecule has 64 valence electrons. The number of hydrogen-bond donors (Lipinski definition) is 2. The molecule has 0 amide bonds. The van der Waals surface area contributed by atoms with Gasteiger partial charge in [-0.3, -0.25) is 0 Å². The Morgan fingerprint density at radius 3 is 2.45 bits per heavy atom. The van der Waals surface area contributed by atoms with Crippen LogP contribution in [-0.2, 0) is 0 Å². The fraction of sp³-hybridized carbons (Fsp3) is 1.00. The van der Waals surface area contributed by atoms with Crippen LogP contribution in [0, 0.1) is 5.92 Å². The zero-order valence-corrected chi connectivity index (χ0v) is 7.27. The number of piperazine rings is 1. The van der Waals surface area contributed by atoms with E-state index in [0.717, 1.165) is 18.0 Å². The zero-order valence-electron chi connectivity index (χ0n) is 7.27. The first-order valence-electron chi connectivity index (χ1n) is 4.87. The average Bonchev–Trinajstić information content (AvgIpc) is 2.87. The van der Waals surface area contributed by atoms with E-state index in [-0.39, 0.29) is 0 Å². The molecule has 0 aromatic rings. The standard InChI is InChI=1S/C9H18N2/c1-2-8-5-11-9(6-10-8)7-3-4-7/h7-11H,2-6H2,1H3. The van der Waals surface area contributed by atoms with Gasteiger partial charge in [0.15, 0.2) is 0 Å². The Morgan fingerprint density at radius 1 is 1.18 bits per heavy atom. The summed E-state index contributed by atoms with van der Waals surface area (Å²) in [6.45, 7) is 4.62. The van der Waals surface area contributed by atoms with Gasteiger partial charge in [-0.2, -0.15) is 0 Å². The zero-order chi connectivity index (χ0) is 7.68. The fourth-order valence-corrected chi connectivity index (χ4v) is 1.85. The Morgan fingerprint density at radius 2 is 2.00 bits per heavy atom. The quantitative estimate of drug-likeness (QED) is 0.613. The lowest BCUT2D eigenvalue weighted by Crippen LogP contribution is -2.54. The third-order valence-corrected chi connectivity index (χ3v) is 2.94. The van der Waals surface area contributed by atoms with Gasteiger partial charge < -0.3 is 10.6 Å². The minimum atomic E-state index is 0.727. The molecule has 2 atom stereocenters. The average molecular weight is 154 g/mol. The summed E-state index contributed by atoms with van der Waals surface area (Å²) in [6.07, 6.45) is 4.16. The molecular weight excluding hydrogens is 136 g/mol. The molecule has 2 fully saturated rings. The second-order valence-electron chi connectivity index (χ2n) is 3.87. The van der Waals surface area contributed by atoms with Gasteiger partial charge in [0.1, 0.15) is 0 Å². The highest BCUT2D eigenvalue weighted by Crippen LogP contribution is 2.32. The second-order valence-corrected chi connectivity index (χ2v) is 3.87. The maximum absolute atomic E-state index is 3.62. The first-order chi connectivity index (χ1) is 5.40. The highest BCUT2D eigenvalue weighted by molar-refractivity contribution is 4.92. The topological polar surface area (TPSA) is 24.1 Å². The smallest absolute Gasteiger partial charge is 0.0221 e. The maximum Gasteiger partial charge on any atom is 0.0221 e. The molecule has 2 unspecified atom stereocenters. The highest BCUT2D eigenvalue weighted by Gasteiger charge is 2.33. The van der Waals surface area contributed by atoms with Gasteiger partial charge in [-0.1, -0.05) is 6.92 Å². The summed E-state index contributed by atoms with van der Waals surface area (Å²) in [5, 5.41) is 7.20. The summed E-state index contributed by atoms with van der Waals surface area (Å²) in [5.74, 6) is 1.00. The van der Waals surface area contributed by atoms with Gasteiger partial charge in [-0.25, -0.2) is 0 Å². The molecule has 2 aliphatic rings. The van der Waals surface area contributed by atoms with Crippen molar-refractivity contribution in [1.82, 2.24) is 10.6 Å². The van der Waals surface area contributed by atoms with Crippen molar-refractivity contribution in [2.75, 3.05) is 13.1 Å². The van der Waals surface area contributed by atoms with Gasteiger partial charge in [0.25, 0.3) is 0 Å². The van der Waals surface area contributed by atoms with Crippen molar-refractivity contribution in [3.05, 3.63) is 0 Å². The van der Waals surface area contributed by atoms with E-state index in [1.54, 1.807) is 0 Å². The molecule has 1 aliphatic heterocycles. The number of rotatable bonds is 2. The molecule has 2 heteroatoms. The molecule has 11 heavy (non-hydrogen) atoms. The molecule has 2 nitrogen and oxygen atoms in total. The predicted molar refractivity (Wildman–Crippen MR) is 46.6 cm³/mol. The molecular formula is C9H18N2. The van der Waals surface area contributed by atoms with Gasteiger partial charge in [0.2, 0.25) is 0 Å². The molecule has 2 N–H and O–H groups in total. The summed E-state index contributed by atoms with van der Waals surface area (Å²) in [6, 6.07) is 1.52. The molecule has 0 bridgehead atoms. The van der Waals surface area contributed by atoms with Crippen LogP contribution in [0.3, 0.4) is 0 Å². The van der Waals surface area contributed by atoms with Gasteiger partial charge >= 0.3 is 0 Å². The first-order valence-corrected chi connectivity index (χ1v) is 4.87. The third kappa shape index (κ3) is 1.74. The minimum absolute atomic E-state index is 0.727. The predicted octanol–water partition coefficient (Wildman–Crippen LogP) is 0.736. The minimum Gasteiger partial charge on any atom is -0.311 e. The van der Waals surface area contributed by atoms with E-state index in [0.29, 0.717) is 0 Å². The third-order valence-electron chi connectivity index (χ3n) is 2.94. The van der Waals surface area contributed by atoms with E-state index < -0.39 is 0 Å². The second kappa shape index (κ2) is 3.11. The van der Waals surface area contributed by atoms with Crippen LogP contribution in [0.4, 0.5) is 0 Å². The molecule has 1 aliphatic carbocycles. The first kappa shape index (κ1) is 7.56. The van der Waals surface area contributed by atoms with E-state index in [4.69, 9.17) is 0 Å². The fourth-order valence-electron chi connectivity index (χ4n) is 1.85. The van der Waals surface area contributed by atoms with Crippen LogP contribution in [0.1, 0.15) is 26.2 Å². The molecule has 0 radical (unpaired) electrons. The van der Waals surface area contributed by atoms with Gasteiger partial charge in [0, 0.05) is 25.2 Å². The van der Waals surface area contributed by atoms with E-state index in [2.05, 4.69) is 17.6 Å². The number of hydrogen-bond acceptors (Lipinski definition) is 2. The van der Waals surface area contributed by atoms with Crippen molar-refractivity contribution >= 4 is 0 Å². The highest BCUT2D eigenvalue weighted by atomic mass is 15.1. The Labute approximate surface area is 68.7 Å². The summed E-state index contributed by atoms with van der Waals surface area (Å²) < 4.78 is 0. The SMILES string of the molecule is CCC1CNC(C2CC2)CN1. The molecule has 1 saturated heterocycles. The van der Waals surface area contributed by atoms with Crippen LogP contribution in [0.5, 0.6) is 0 Å². The molecule has 1 heterocycles. The summed E-state index contributed by atoms with van der Waals surface area (Å²) in [5.41, 5.74) is 0. The van der Waals surface area contributed by atoms with Crippen molar-refractivity contribution < 1.29 is 0 Å². The van der Waals surface area contributed by atoms with Crippen molar-refractivity contribution in [3.8, 4) is 0 Å². The maximum atomic E-state index is 3.62. The van der Waals surface area contributed by atoms with Crippen LogP contribution < -0.4 is 10.6 Å². The Balaban J connectivity index is 1.75. The molecule has 2 rings (SSSR count). The molecule has 0 aromatic heterocycles. The van der Waals surface area contributed by atoms with Crippen LogP contribution in [0.15, 0.2) is 0 Å². The lowest BCUT2D eigenvalue weighted by Gasteiger charge is -2.30. The van der Waals surface area contributed by atoms with Crippen LogP contribution in [0.2, 0.25) is 0 Å². The van der Waals surface area contributed by atoms with Crippen LogP contribution >= 0.6 is 0 Å². The monoisotopic (exact) mass is 154 g/mol. The van der Waals surface area contributed by atoms with E-state index in [9.17, 15) is 0 Å². The van der Waals surface area contributed by atoms with Crippen molar-refractivity contribution in [1.29, 1.82) is 0 Å². The van der Waals surface area contributed by atoms with Gasteiger partial charge in [0.05, 0.1) is 0 Å². The van der Waals surface area contributed by atoms with Crippen LogP contribution in [-0.4, -0.2) is 25.2 Å². The molecule has 1 saturated carbocycles. The Hall–Kier alpha value is -0.0800. The molecule has 0 aromatic carbocycles. The van der Waals surface area contributed by atoms with E-state index in [1.165, 1.54) is 32.4 Å². The van der Waals surface area contributed by atoms with Gasteiger partial charge in [-0.15, -0.1) is 0 Å². The van der Waals surface area contributed by atoms with Crippen molar-refractivity contribution in [3.63, 3.8) is 0 Å². The van der Waals surface area contributed by atoms with Crippen LogP contribution in [0.25, 0.3) is 0 Å². The molecule has 0 spiro atoms. The van der Waals surface area contributed by atoms with E-state index >= 15 is 0 Å². The lowest BCUT2D eigenvalue weighted by atomic mass is 10.1. The largest absolute Gasteiger partial charge is 0.311 e. The van der Waals surface area contributed by atoms with E-state index in [1.807, 2.05) is 0 Å². The number of nitrogens with one attached hydrogen (secondary N) is 2. The Bertz CT molecular complexity index is 124. The summed E-state index contributed by atoms with van der Waals surface area (Å²) >= 11 is 0. The van der Waals surface area contributed by atoms with Crippen molar-refractivity contribution in [2.24, 2.45) is 5.92 Å². The normalized spacial score (nSPS) is 39.0. The van der Waals surface area contributed by atoms with Gasteiger partial charge in [-0.05, 0) is 25.2 Å². The summed E-state index contributed by atoms with van der Waals surface area (Å²) in [7, 11) is 0.